The number of rotatable bonds is 13. The summed E-state index contributed by atoms with van der Waals surface area (Å²) in [6.45, 7) is 8.40. The van der Waals surface area contributed by atoms with Crippen LogP contribution in [-0.4, -0.2) is 69.9 Å². The number of hydrogen-bond donors (Lipinski definition) is 0. The van der Waals surface area contributed by atoms with E-state index in [4.69, 9.17) is 23.9 Å². The lowest BCUT2D eigenvalue weighted by atomic mass is 10.1. The molecule has 8 nitrogen and oxygen atoms in total. The van der Waals surface area contributed by atoms with Crippen molar-refractivity contribution in [3.8, 4) is 23.0 Å². The standard InChI is InChI=1S/C26H35N3O5S/c1-7-32-21-15-18(16-22(33-8-2)24(21)34-9-3)25(30)29(14-10-13-28(4)5)26-27-20-17-19(31-6)11-12-23(20)35-26/h11-12,15-17H,7-10,13-14H2,1-6H3. The van der Waals surface area contributed by atoms with Crippen LogP contribution in [0.15, 0.2) is 30.3 Å². The van der Waals surface area contributed by atoms with Crippen molar-refractivity contribution in [3.05, 3.63) is 35.9 Å². The first-order valence-corrected chi connectivity index (χ1v) is 12.7. The van der Waals surface area contributed by atoms with E-state index in [1.807, 2.05) is 53.1 Å². The monoisotopic (exact) mass is 501 g/mol. The van der Waals surface area contributed by atoms with Gasteiger partial charge in [0.15, 0.2) is 16.6 Å². The Labute approximate surface area is 211 Å². The molecule has 0 N–H and O–H groups in total. The largest absolute Gasteiger partial charge is 0.497 e. The van der Waals surface area contributed by atoms with Gasteiger partial charge in [-0.05, 0) is 72.1 Å². The van der Waals surface area contributed by atoms with Crippen molar-refractivity contribution >= 4 is 32.6 Å². The average Bonchev–Trinajstić information content (AvgIpc) is 3.26. The molecule has 35 heavy (non-hydrogen) atoms. The molecule has 0 unspecified atom stereocenters. The maximum atomic E-state index is 13.9. The van der Waals surface area contributed by atoms with Crippen LogP contribution in [0.3, 0.4) is 0 Å². The van der Waals surface area contributed by atoms with Crippen LogP contribution >= 0.6 is 11.3 Å². The Bertz CT molecular complexity index is 1100. The maximum Gasteiger partial charge on any atom is 0.260 e. The number of ether oxygens (including phenoxy) is 4. The molecule has 0 spiro atoms. The zero-order chi connectivity index (χ0) is 25.4. The summed E-state index contributed by atoms with van der Waals surface area (Å²) in [5, 5.41) is 0.641. The van der Waals surface area contributed by atoms with Gasteiger partial charge >= 0.3 is 0 Å². The molecule has 0 atom stereocenters. The molecular formula is C26H35N3O5S. The van der Waals surface area contributed by atoms with E-state index in [1.165, 1.54) is 11.3 Å². The van der Waals surface area contributed by atoms with Crippen LogP contribution in [0.1, 0.15) is 37.6 Å². The van der Waals surface area contributed by atoms with Gasteiger partial charge in [-0.3, -0.25) is 9.69 Å². The van der Waals surface area contributed by atoms with E-state index >= 15 is 0 Å². The van der Waals surface area contributed by atoms with Crippen molar-refractivity contribution in [3.63, 3.8) is 0 Å². The Morgan fingerprint density at radius 1 is 0.943 bits per heavy atom. The number of carbonyl (C=O) groups excluding carboxylic acids is 1. The molecule has 0 aliphatic rings. The Hall–Kier alpha value is -3.04. The molecule has 1 aromatic heterocycles. The van der Waals surface area contributed by atoms with Gasteiger partial charge in [-0.2, -0.15) is 0 Å². The highest BCUT2D eigenvalue weighted by molar-refractivity contribution is 7.22. The average molecular weight is 502 g/mol. The quantitative estimate of drug-likeness (QED) is 0.323. The van der Waals surface area contributed by atoms with Crippen molar-refractivity contribution in [1.29, 1.82) is 0 Å². The topological polar surface area (TPSA) is 73.4 Å². The molecule has 2 aromatic carbocycles. The summed E-state index contributed by atoms with van der Waals surface area (Å²) in [7, 11) is 5.67. The molecule has 0 aliphatic heterocycles. The lowest BCUT2D eigenvalue weighted by Crippen LogP contribution is -2.33. The van der Waals surface area contributed by atoms with Crippen molar-refractivity contribution < 1.29 is 23.7 Å². The zero-order valence-corrected chi connectivity index (χ0v) is 22.2. The van der Waals surface area contributed by atoms with E-state index in [2.05, 4.69) is 4.90 Å². The summed E-state index contributed by atoms with van der Waals surface area (Å²) in [6.07, 6.45) is 0.797. The van der Waals surface area contributed by atoms with Crippen LogP contribution in [0.5, 0.6) is 23.0 Å². The molecule has 3 aromatic rings. The third kappa shape index (κ3) is 6.55. The number of aromatic nitrogens is 1. The zero-order valence-electron chi connectivity index (χ0n) is 21.4. The van der Waals surface area contributed by atoms with Gasteiger partial charge in [-0.25, -0.2) is 4.98 Å². The van der Waals surface area contributed by atoms with Crippen LogP contribution in [0.25, 0.3) is 10.2 Å². The Morgan fingerprint density at radius 3 is 2.17 bits per heavy atom. The molecular weight excluding hydrogens is 466 g/mol. The van der Waals surface area contributed by atoms with Gasteiger partial charge in [0.2, 0.25) is 5.75 Å². The minimum atomic E-state index is -0.167. The predicted octanol–water partition coefficient (Wildman–Crippen LogP) is 5.10. The first kappa shape index (κ1) is 26.6. The van der Waals surface area contributed by atoms with Crippen LogP contribution in [0.2, 0.25) is 0 Å². The van der Waals surface area contributed by atoms with E-state index in [-0.39, 0.29) is 5.91 Å². The molecule has 190 valence electrons. The first-order valence-electron chi connectivity index (χ1n) is 11.9. The molecule has 9 heteroatoms. The number of nitrogens with zero attached hydrogens (tertiary/aromatic N) is 3. The third-order valence-electron chi connectivity index (χ3n) is 5.20. The fourth-order valence-corrected chi connectivity index (χ4v) is 4.60. The summed E-state index contributed by atoms with van der Waals surface area (Å²) in [6, 6.07) is 9.21. The van der Waals surface area contributed by atoms with Gasteiger partial charge in [0, 0.05) is 18.2 Å². The van der Waals surface area contributed by atoms with E-state index in [9.17, 15) is 4.79 Å². The number of anilines is 1. The van der Waals surface area contributed by atoms with Gasteiger partial charge < -0.3 is 23.8 Å². The van der Waals surface area contributed by atoms with E-state index in [0.29, 0.717) is 54.3 Å². The van der Waals surface area contributed by atoms with E-state index in [0.717, 1.165) is 28.9 Å². The molecule has 0 bridgehead atoms. The van der Waals surface area contributed by atoms with E-state index < -0.39 is 0 Å². The number of fused-ring (bicyclic) bond motifs is 1. The maximum absolute atomic E-state index is 13.9. The van der Waals surface area contributed by atoms with Crippen molar-refractivity contribution in [2.45, 2.75) is 27.2 Å². The lowest BCUT2D eigenvalue weighted by Gasteiger charge is -2.22. The second kappa shape index (κ2) is 12.6. The third-order valence-corrected chi connectivity index (χ3v) is 6.26. The Morgan fingerprint density at radius 2 is 1.60 bits per heavy atom. The smallest absolute Gasteiger partial charge is 0.260 e. The number of amides is 1. The molecule has 0 saturated heterocycles. The predicted molar refractivity (Wildman–Crippen MR) is 141 cm³/mol. The summed E-state index contributed by atoms with van der Waals surface area (Å²) in [5.41, 5.74) is 1.26. The summed E-state index contributed by atoms with van der Waals surface area (Å²) in [4.78, 5) is 22.5. The highest BCUT2D eigenvalue weighted by Crippen LogP contribution is 2.40. The van der Waals surface area contributed by atoms with Crippen LogP contribution in [0, 0.1) is 0 Å². The highest BCUT2D eigenvalue weighted by atomic mass is 32.1. The van der Waals surface area contributed by atoms with Gasteiger partial charge in [-0.1, -0.05) is 11.3 Å². The summed E-state index contributed by atoms with van der Waals surface area (Å²) >= 11 is 1.48. The number of methoxy groups -OCH3 is 1. The molecule has 1 amide bonds. The van der Waals surface area contributed by atoms with Crippen LogP contribution < -0.4 is 23.8 Å². The minimum absolute atomic E-state index is 0.167. The molecule has 0 saturated carbocycles. The fourth-order valence-electron chi connectivity index (χ4n) is 3.63. The molecule has 3 rings (SSSR count). The Balaban J connectivity index is 2.05. The van der Waals surface area contributed by atoms with Crippen molar-refractivity contribution in [1.82, 2.24) is 9.88 Å². The fraction of sp³-hybridized carbons (Fsp3) is 0.462. The van der Waals surface area contributed by atoms with Gasteiger partial charge in [0.05, 0.1) is 37.1 Å². The lowest BCUT2D eigenvalue weighted by molar-refractivity contribution is 0.0985. The molecule has 0 radical (unpaired) electrons. The minimum Gasteiger partial charge on any atom is -0.497 e. The number of benzene rings is 2. The van der Waals surface area contributed by atoms with E-state index in [1.54, 1.807) is 24.1 Å². The second-order valence-electron chi connectivity index (χ2n) is 8.04. The van der Waals surface area contributed by atoms with Gasteiger partial charge in [0.1, 0.15) is 5.75 Å². The van der Waals surface area contributed by atoms with Crippen LogP contribution in [-0.2, 0) is 0 Å². The molecule has 0 aliphatic carbocycles. The highest BCUT2D eigenvalue weighted by Gasteiger charge is 2.25. The number of thiazole rings is 1. The Kier molecular flexibility index (Phi) is 9.56. The van der Waals surface area contributed by atoms with Crippen molar-refractivity contribution in [2.24, 2.45) is 0 Å². The normalized spacial score (nSPS) is 11.1. The van der Waals surface area contributed by atoms with Crippen LogP contribution in [0.4, 0.5) is 5.13 Å². The van der Waals surface area contributed by atoms with Gasteiger partial charge in [-0.15, -0.1) is 0 Å². The summed E-state index contributed by atoms with van der Waals surface area (Å²) in [5.74, 6) is 2.06. The second-order valence-corrected chi connectivity index (χ2v) is 9.05. The SMILES string of the molecule is CCOc1cc(C(=O)N(CCCN(C)C)c2nc3cc(OC)ccc3s2)cc(OCC)c1OCC. The summed E-state index contributed by atoms with van der Waals surface area (Å²) < 4.78 is 23.8. The molecule has 1 heterocycles. The van der Waals surface area contributed by atoms with Crippen molar-refractivity contribution in [2.75, 3.05) is 59.0 Å². The molecule has 0 fully saturated rings. The first-order chi connectivity index (χ1) is 16.9. The number of carbonyl (C=O) groups is 1. The number of hydrogen-bond acceptors (Lipinski definition) is 8. The van der Waals surface area contributed by atoms with Gasteiger partial charge in [0.25, 0.3) is 5.91 Å².